The highest BCUT2D eigenvalue weighted by Crippen LogP contribution is 2.23. The molecule has 0 aliphatic heterocycles. The highest BCUT2D eigenvalue weighted by atomic mass is 16.5. The molecule has 1 aromatic rings. The number of hydrogen-bond acceptors (Lipinski definition) is 4. The lowest BCUT2D eigenvalue weighted by molar-refractivity contribution is 0.0189. The number of nitrogens with zero attached hydrogens (tertiary/aromatic N) is 1. The third kappa shape index (κ3) is 2.61. The molecule has 0 aromatic carbocycles. The molecule has 1 aliphatic rings. The predicted octanol–water partition coefficient (Wildman–Crippen LogP) is 1.11. The SMILES string of the molecule is COC1CCCC(Oc2ncc[nH]c2=O)C1. The Labute approximate surface area is 93.8 Å². The monoisotopic (exact) mass is 224 g/mol. The topological polar surface area (TPSA) is 64.2 Å². The van der Waals surface area contributed by atoms with Crippen LogP contribution in [0.5, 0.6) is 5.88 Å². The molecule has 2 unspecified atom stereocenters. The zero-order chi connectivity index (χ0) is 11.4. The molecule has 5 nitrogen and oxygen atoms in total. The van der Waals surface area contributed by atoms with Gasteiger partial charge in [0.1, 0.15) is 6.10 Å². The Balaban J connectivity index is 1.99. The maximum Gasteiger partial charge on any atom is 0.310 e. The summed E-state index contributed by atoms with van der Waals surface area (Å²) in [7, 11) is 1.71. The first-order chi connectivity index (χ1) is 7.79. The van der Waals surface area contributed by atoms with Gasteiger partial charge in [-0.2, -0.15) is 0 Å². The summed E-state index contributed by atoms with van der Waals surface area (Å²) in [5.41, 5.74) is -0.276. The number of ether oxygens (including phenoxy) is 2. The van der Waals surface area contributed by atoms with Gasteiger partial charge in [-0.1, -0.05) is 0 Å². The molecule has 1 heterocycles. The number of rotatable bonds is 3. The van der Waals surface area contributed by atoms with Gasteiger partial charge in [-0.05, 0) is 19.3 Å². The normalized spacial score (nSPS) is 25.3. The van der Waals surface area contributed by atoms with Crippen molar-refractivity contribution in [2.75, 3.05) is 7.11 Å². The zero-order valence-electron chi connectivity index (χ0n) is 9.31. The van der Waals surface area contributed by atoms with Gasteiger partial charge in [0, 0.05) is 25.9 Å². The molecule has 1 saturated carbocycles. The summed E-state index contributed by atoms with van der Waals surface area (Å²) in [6.07, 6.45) is 7.20. The Morgan fingerprint density at radius 2 is 2.25 bits per heavy atom. The molecule has 2 atom stereocenters. The Morgan fingerprint density at radius 1 is 1.44 bits per heavy atom. The van der Waals surface area contributed by atoms with Crippen LogP contribution in [0.4, 0.5) is 0 Å². The third-order valence-electron chi connectivity index (χ3n) is 2.86. The molecule has 0 saturated heterocycles. The van der Waals surface area contributed by atoms with Crippen LogP contribution in [0.3, 0.4) is 0 Å². The van der Waals surface area contributed by atoms with Gasteiger partial charge in [-0.3, -0.25) is 4.79 Å². The van der Waals surface area contributed by atoms with Crippen LogP contribution in [0.2, 0.25) is 0 Å². The van der Waals surface area contributed by atoms with E-state index >= 15 is 0 Å². The van der Waals surface area contributed by atoms with Crippen LogP contribution < -0.4 is 10.3 Å². The molecule has 5 heteroatoms. The molecule has 16 heavy (non-hydrogen) atoms. The number of nitrogens with one attached hydrogen (secondary N) is 1. The van der Waals surface area contributed by atoms with Crippen LogP contribution >= 0.6 is 0 Å². The largest absolute Gasteiger partial charge is 0.470 e. The number of aromatic amines is 1. The Morgan fingerprint density at radius 3 is 3.00 bits per heavy atom. The van der Waals surface area contributed by atoms with Crippen molar-refractivity contribution in [1.29, 1.82) is 0 Å². The molecular weight excluding hydrogens is 208 g/mol. The first-order valence-corrected chi connectivity index (χ1v) is 5.52. The van der Waals surface area contributed by atoms with Crippen molar-refractivity contribution in [2.45, 2.75) is 37.9 Å². The van der Waals surface area contributed by atoms with Crippen molar-refractivity contribution in [1.82, 2.24) is 9.97 Å². The summed E-state index contributed by atoms with van der Waals surface area (Å²) in [6, 6.07) is 0. The summed E-state index contributed by atoms with van der Waals surface area (Å²) < 4.78 is 10.9. The van der Waals surface area contributed by atoms with Crippen molar-refractivity contribution in [3.63, 3.8) is 0 Å². The van der Waals surface area contributed by atoms with Crippen LogP contribution in [0.1, 0.15) is 25.7 Å². The fraction of sp³-hybridized carbons (Fsp3) is 0.636. The molecule has 0 radical (unpaired) electrons. The van der Waals surface area contributed by atoms with Crippen LogP contribution in [0.25, 0.3) is 0 Å². The van der Waals surface area contributed by atoms with Crippen molar-refractivity contribution >= 4 is 0 Å². The Bertz CT molecular complexity index is 391. The molecule has 0 bridgehead atoms. The number of H-pyrrole nitrogens is 1. The molecule has 1 fully saturated rings. The number of aromatic nitrogens is 2. The Hall–Kier alpha value is -1.36. The van der Waals surface area contributed by atoms with E-state index in [1.807, 2.05) is 0 Å². The smallest absolute Gasteiger partial charge is 0.310 e. The van der Waals surface area contributed by atoms with Gasteiger partial charge in [0.05, 0.1) is 6.10 Å². The van der Waals surface area contributed by atoms with E-state index < -0.39 is 0 Å². The average Bonchev–Trinajstić information content (AvgIpc) is 2.32. The van der Waals surface area contributed by atoms with Crippen LogP contribution in [-0.4, -0.2) is 29.3 Å². The van der Waals surface area contributed by atoms with E-state index in [1.165, 1.54) is 12.4 Å². The van der Waals surface area contributed by atoms with E-state index in [2.05, 4.69) is 9.97 Å². The molecule has 1 aromatic heterocycles. The first-order valence-electron chi connectivity index (χ1n) is 5.52. The first kappa shape index (κ1) is 11.1. The Kier molecular flexibility index (Phi) is 3.56. The molecule has 2 rings (SSSR count). The van der Waals surface area contributed by atoms with E-state index in [-0.39, 0.29) is 23.6 Å². The van der Waals surface area contributed by atoms with Crippen molar-refractivity contribution < 1.29 is 9.47 Å². The molecule has 0 spiro atoms. The fourth-order valence-electron chi connectivity index (χ4n) is 2.00. The second-order valence-electron chi connectivity index (χ2n) is 3.99. The van der Waals surface area contributed by atoms with Crippen LogP contribution in [0, 0.1) is 0 Å². The lowest BCUT2D eigenvalue weighted by atomic mass is 9.95. The molecule has 0 amide bonds. The minimum Gasteiger partial charge on any atom is -0.470 e. The second-order valence-corrected chi connectivity index (χ2v) is 3.99. The predicted molar refractivity (Wildman–Crippen MR) is 58.5 cm³/mol. The van der Waals surface area contributed by atoms with Crippen molar-refractivity contribution in [2.24, 2.45) is 0 Å². The van der Waals surface area contributed by atoms with Crippen molar-refractivity contribution in [3.8, 4) is 5.88 Å². The lowest BCUT2D eigenvalue weighted by Crippen LogP contribution is -2.31. The maximum atomic E-state index is 11.4. The summed E-state index contributed by atoms with van der Waals surface area (Å²) in [4.78, 5) is 17.8. The molecule has 88 valence electrons. The van der Waals surface area contributed by atoms with Gasteiger partial charge in [0.25, 0.3) is 5.88 Å². The van der Waals surface area contributed by atoms with E-state index in [4.69, 9.17) is 9.47 Å². The van der Waals surface area contributed by atoms with Crippen LogP contribution in [0.15, 0.2) is 17.2 Å². The lowest BCUT2D eigenvalue weighted by Gasteiger charge is -2.27. The maximum absolute atomic E-state index is 11.4. The molecule has 1 aliphatic carbocycles. The summed E-state index contributed by atoms with van der Waals surface area (Å²) >= 11 is 0. The number of hydrogen-bond donors (Lipinski definition) is 1. The summed E-state index contributed by atoms with van der Waals surface area (Å²) in [5.74, 6) is 0.157. The van der Waals surface area contributed by atoms with Gasteiger partial charge in [-0.15, -0.1) is 0 Å². The molecular formula is C11H16N2O3. The standard InChI is InChI=1S/C11H16N2O3/c1-15-8-3-2-4-9(7-8)16-11-10(14)12-5-6-13-11/h5-6,8-9H,2-4,7H2,1H3,(H,12,14). The van der Waals surface area contributed by atoms with Gasteiger partial charge in [0.15, 0.2) is 0 Å². The van der Waals surface area contributed by atoms with Crippen LogP contribution in [-0.2, 0) is 4.74 Å². The fourth-order valence-corrected chi connectivity index (χ4v) is 2.00. The van der Waals surface area contributed by atoms with Gasteiger partial charge in [-0.25, -0.2) is 4.98 Å². The van der Waals surface area contributed by atoms with E-state index in [1.54, 1.807) is 7.11 Å². The highest BCUT2D eigenvalue weighted by Gasteiger charge is 2.23. The van der Waals surface area contributed by atoms with Gasteiger partial charge >= 0.3 is 5.56 Å². The van der Waals surface area contributed by atoms with Crippen molar-refractivity contribution in [3.05, 3.63) is 22.7 Å². The highest BCUT2D eigenvalue weighted by molar-refractivity contribution is 5.03. The molecule has 1 N–H and O–H groups in total. The number of methoxy groups -OCH3 is 1. The average molecular weight is 224 g/mol. The zero-order valence-corrected chi connectivity index (χ0v) is 9.31. The van der Waals surface area contributed by atoms with E-state index in [9.17, 15) is 4.79 Å². The third-order valence-corrected chi connectivity index (χ3v) is 2.86. The second kappa shape index (κ2) is 5.12. The van der Waals surface area contributed by atoms with E-state index in [0.717, 1.165) is 25.7 Å². The quantitative estimate of drug-likeness (QED) is 0.835. The summed E-state index contributed by atoms with van der Waals surface area (Å²) in [6.45, 7) is 0. The minimum absolute atomic E-state index is 0.0368. The van der Waals surface area contributed by atoms with Gasteiger partial charge in [0.2, 0.25) is 0 Å². The minimum atomic E-state index is -0.276. The van der Waals surface area contributed by atoms with Gasteiger partial charge < -0.3 is 14.5 Å². The summed E-state index contributed by atoms with van der Waals surface area (Å²) in [5, 5.41) is 0. The van der Waals surface area contributed by atoms with E-state index in [0.29, 0.717) is 0 Å².